The Morgan fingerprint density at radius 1 is 1.09 bits per heavy atom. The van der Waals surface area contributed by atoms with Gasteiger partial charge in [-0.25, -0.2) is 15.0 Å². The minimum Gasteiger partial charge on any atom is -0.346 e. The number of pyridine rings is 3. The SMILES string of the molecule is C=CC(=O)Nc1cc(-c2cnc3[nH]cc(-c4ccc(F)nc4)c3c2)cc(-c2cnn(C)c2)n1. The first kappa shape index (κ1) is 20.3. The van der Waals surface area contributed by atoms with Crippen molar-refractivity contribution < 1.29 is 9.18 Å². The second kappa shape index (κ2) is 8.12. The third-order valence-electron chi connectivity index (χ3n) is 5.17. The first-order valence-corrected chi connectivity index (χ1v) is 10.0. The second-order valence-electron chi connectivity index (χ2n) is 7.41. The zero-order chi connectivity index (χ0) is 22.9. The molecule has 0 bridgehead atoms. The van der Waals surface area contributed by atoms with E-state index < -0.39 is 5.95 Å². The van der Waals surface area contributed by atoms with Gasteiger partial charge in [0, 0.05) is 59.5 Å². The molecule has 5 heterocycles. The molecule has 0 atom stereocenters. The third kappa shape index (κ3) is 3.99. The minimum atomic E-state index is -0.536. The molecular weight excluding hydrogens is 421 g/mol. The van der Waals surface area contributed by atoms with Crippen LogP contribution in [-0.2, 0) is 11.8 Å². The number of anilines is 1. The second-order valence-corrected chi connectivity index (χ2v) is 7.41. The highest BCUT2D eigenvalue weighted by molar-refractivity contribution is 5.99. The Kier molecular flexibility index (Phi) is 4.98. The number of carbonyl (C=O) groups excluding carboxylic acids is 1. The van der Waals surface area contributed by atoms with Crippen LogP contribution >= 0.6 is 0 Å². The van der Waals surface area contributed by atoms with Crippen LogP contribution in [0.3, 0.4) is 0 Å². The molecule has 5 aromatic heterocycles. The summed E-state index contributed by atoms with van der Waals surface area (Å²) in [7, 11) is 1.82. The van der Waals surface area contributed by atoms with Crippen LogP contribution in [0.15, 0.2) is 74.0 Å². The highest BCUT2D eigenvalue weighted by atomic mass is 19.1. The Labute approximate surface area is 187 Å². The van der Waals surface area contributed by atoms with E-state index in [0.29, 0.717) is 17.2 Å². The summed E-state index contributed by atoms with van der Waals surface area (Å²) < 4.78 is 15.0. The van der Waals surface area contributed by atoms with E-state index >= 15 is 0 Å². The van der Waals surface area contributed by atoms with Gasteiger partial charge in [-0.2, -0.15) is 9.49 Å². The Balaban J connectivity index is 1.64. The number of amides is 1. The van der Waals surface area contributed by atoms with E-state index in [2.05, 4.69) is 36.9 Å². The smallest absolute Gasteiger partial charge is 0.248 e. The molecule has 0 spiro atoms. The van der Waals surface area contributed by atoms with E-state index in [1.165, 1.54) is 18.3 Å². The van der Waals surface area contributed by atoms with Gasteiger partial charge < -0.3 is 10.3 Å². The average molecular weight is 439 g/mol. The predicted molar refractivity (Wildman–Crippen MR) is 124 cm³/mol. The number of aryl methyl sites for hydroxylation is 1. The Hall–Kier alpha value is -4.66. The van der Waals surface area contributed by atoms with Gasteiger partial charge in [0.25, 0.3) is 0 Å². The topological polar surface area (TPSA) is 101 Å². The number of aromatic amines is 1. The van der Waals surface area contributed by atoms with Crippen LogP contribution in [0.5, 0.6) is 0 Å². The summed E-state index contributed by atoms with van der Waals surface area (Å²) in [6.07, 6.45) is 9.79. The molecule has 2 N–H and O–H groups in total. The van der Waals surface area contributed by atoms with Crippen molar-refractivity contribution in [2.75, 3.05) is 5.32 Å². The number of nitrogens with one attached hydrogen (secondary N) is 2. The number of fused-ring (bicyclic) bond motifs is 1. The van der Waals surface area contributed by atoms with Gasteiger partial charge in [0.15, 0.2) is 0 Å². The molecule has 0 aliphatic heterocycles. The van der Waals surface area contributed by atoms with Gasteiger partial charge in [-0.15, -0.1) is 0 Å². The van der Waals surface area contributed by atoms with E-state index in [4.69, 9.17) is 0 Å². The van der Waals surface area contributed by atoms with Crippen molar-refractivity contribution in [3.05, 3.63) is 79.9 Å². The highest BCUT2D eigenvalue weighted by Gasteiger charge is 2.13. The zero-order valence-electron chi connectivity index (χ0n) is 17.6. The molecule has 1 amide bonds. The van der Waals surface area contributed by atoms with E-state index in [1.807, 2.05) is 31.6 Å². The standard InChI is InChI=1S/C24H18FN7O/c1-3-23(33)31-22-8-15(7-20(30-22)17-11-29-32(2)13-17)16-6-18-19(12-28-24(18)27-10-16)14-4-5-21(25)26-9-14/h3-13H,1H2,2H3,(H,27,28)(H,30,31,33). The third-order valence-corrected chi connectivity index (χ3v) is 5.17. The van der Waals surface area contributed by atoms with Crippen LogP contribution < -0.4 is 5.32 Å². The van der Waals surface area contributed by atoms with Crippen molar-refractivity contribution in [2.45, 2.75) is 0 Å². The van der Waals surface area contributed by atoms with Crippen molar-refractivity contribution in [1.82, 2.24) is 29.7 Å². The molecule has 0 saturated carbocycles. The number of aromatic nitrogens is 6. The molecule has 8 nitrogen and oxygen atoms in total. The van der Waals surface area contributed by atoms with E-state index in [1.54, 1.807) is 29.2 Å². The first-order chi connectivity index (χ1) is 16.0. The van der Waals surface area contributed by atoms with Gasteiger partial charge in [-0.1, -0.05) is 6.58 Å². The van der Waals surface area contributed by atoms with Crippen molar-refractivity contribution in [1.29, 1.82) is 0 Å². The van der Waals surface area contributed by atoms with Crippen molar-refractivity contribution in [3.8, 4) is 33.5 Å². The van der Waals surface area contributed by atoms with Crippen molar-refractivity contribution >= 4 is 22.8 Å². The van der Waals surface area contributed by atoms with E-state index in [-0.39, 0.29) is 5.91 Å². The highest BCUT2D eigenvalue weighted by Crippen LogP contribution is 2.33. The van der Waals surface area contributed by atoms with Gasteiger partial charge in [0.1, 0.15) is 11.5 Å². The maximum Gasteiger partial charge on any atom is 0.248 e. The molecular formula is C24H18FN7O. The van der Waals surface area contributed by atoms with E-state index in [9.17, 15) is 9.18 Å². The van der Waals surface area contributed by atoms with Crippen LogP contribution in [0.25, 0.3) is 44.5 Å². The number of rotatable bonds is 5. The van der Waals surface area contributed by atoms with E-state index in [0.717, 1.165) is 33.2 Å². The first-order valence-electron chi connectivity index (χ1n) is 10.0. The lowest BCUT2D eigenvalue weighted by Crippen LogP contribution is -2.09. The maximum atomic E-state index is 13.3. The number of nitrogens with zero attached hydrogens (tertiary/aromatic N) is 5. The number of halogens is 1. The molecule has 0 aromatic carbocycles. The van der Waals surface area contributed by atoms with Crippen LogP contribution in [-0.4, -0.2) is 35.6 Å². The van der Waals surface area contributed by atoms with Crippen LogP contribution in [0.2, 0.25) is 0 Å². The lowest BCUT2D eigenvalue weighted by atomic mass is 10.0. The van der Waals surface area contributed by atoms with Gasteiger partial charge in [0.2, 0.25) is 11.9 Å². The summed E-state index contributed by atoms with van der Waals surface area (Å²) in [6.45, 7) is 3.50. The molecule has 0 unspecified atom stereocenters. The summed E-state index contributed by atoms with van der Waals surface area (Å²) in [6, 6.07) is 8.67. The molecule has 5 rings (SSSR count). The molecule has 9 heteroatoms. The predicted octanol–water partition coefficient (Wildman–Crippen LogP) is 4.35. The average Bonchev–Trinajstić information content (AvgIpc) is 3.45. The summed E-state index contributed by atoms with van der Waals surface area (Å²) in [5.74, 6) is -0.512. The molecule has 0 aliphatic carbocycles. The zero-order valence-corrected chi connectivity index (χ0v) is 17.6. The minimum absolute atomic E-state index is 0.359. The van der Waals surface area contributed by atoms with Crippen molar-refractivity contribution in [2.24, 2.45) is 7.05 Å². The number of H-pyrrole nitrogens is 1. The molecule has 0 saturated heterocycles. The van der Waals surface area contributed by atoms with Gasteiger partial charge in [-0.3, -0.25) is 9.48 Å². The Morgan fingerprint density at radius 3 is 2.67 bits per heavy atom. The van der Waals surface area contributed by atoms with Gasteiger partial charge >= 0.3 is 0 Å². The van der Waals surface area contributed by atoms with Crippen LogP contribution in [0.1, 0.15) is 0 Å². The maximum absolute atomic E-state index is 13.3. The molecule has 162 valence electrons. The fourth-order valence-electron chi connectivity index (χ4n) is 3.58. The van der Waals surface area contributed by atoms with Gasteiger partial charge in [0.05, 0.1) is 11.9 Å². The van der Waals surface area contributed by atoms with Crippen LogP contribution in [0.4, 0.5) is 10.2 Å². The Bertz CT molecular complexity index is 1500. The largest absolute Gasteiger partial charge is 0.346 e. The van der Waals surface area contributed by atoms with Crippen molar-refractivity contribution in [3.63, 3.8) is 0 Å². The fraction of sp³-hybridized carbons (Fsp3) is 0.0417. The summed E-state index contributed by atoms with van der Waals surface area (Å²) >= 11 is 0. The summed E-state index contributed by atoms with van der Waals surface area (Å²) in [5, 5.41) is 7.80. The number of hydrogen-bond donors (Lipinski definition) is 2. The number of hydrogen-bond acceptors (Lipinski definition) is 5. The molecule has 0 radical (unpaired) electrons. The van der Waals surface area contributed by atoms with Crippen LogP contribution in [0, 0.1) is 5.95 Å². The lowest BCUT2D eigenvalue weighted by molar-refractivity contribution is -0.111. The molecule has 0 aliphatic rings. The fourth-order valence-corrected chi connectivity index (χ4v) is 3.58. The molecule has 0 fully saturated rings. The molecule has 33 heavy (non-hydrogen) atoms. The van der Waals surface area contributed by atoms with Gasteiger partial charge in [-0.05, 0) is 42.0 Å². The molecule has 5 aromatic rings. The Morgan fingerprint density at radius 2 is 1.94 bits per heavy atom. The lowest BCUT2D eigenvalue weighted by Gasteiger charge is -2.09. The monoisotopic (exact) mass is 439 g/mol. The summed E-state index contributed by atoms with van der Waals surface area (Å²) in [4.78, 5) is 27.9. The quantitative estimate of drug-likeness (QED) is 0.313. The normalized spacial score (nSPS) is 11.0. The summed E-state index contributed by atoms with van der Waals surface area (Å²) in [5.41, 5.74) is 5.40. The number of carbonyl (C=O) groups is 1.